The molecule has 0 aromatic rings. The van der Waals surface area contributed by atoms with Crippen molar-refractivity contribution in [3.8, 4) is 12.3 Å². The van der Waals surface area contributed by atoms with Crippen molar-refractivity contribution in [1.29, 1.82) is 0 Å². The molecule has 0 bridgehead atoms. The number of urea groups is 1. The van der Waals surface area contributed by atoms with E-state index < -0.39 is 29.9 Å². The van der Waals surface area contributed by atoms with Crippen molar-refractivity contribution in [2.75, 3.05) is 6.61 Å². The Balaban J connectivity index is 2.34. The molecule has 0 aromatic carbocycles. The molecule has 0 radical (unpaired) electrons. The van der Waals surface area contributed by atoms with E-state index in [1.54, 1.807) is 13.0 Å². The first-order valence-electron chi connectivity index (χ1n) is 5.82. The standard InChI is InChI=1S/C13H16N2O4/c1-4-13(3)10(17)9(7-16)19-11(13)15-6-5-8(2)14-12(15)18/h1,5-6,9-11,16-17H,2,7H2,3H3,(H,14,18)/t9-,10-,11-,13-/m1/s1. The molecule has 3 N–H and O–H groups in total. The van der Waals surface area contributed by atoms with E-state index in [0.29, 0.717) is 5.70 Å². The zero-order chi connectivity index (χ0) is 14.2. The van der Waals surface area contributed by atoms with E-state index >= 15 is 0 Å². The summed E-state index contributed by atoms with van der Waals surface area (Å²) in [6.07, 6.45) is 5.83. The molecule has 0 unspecified atom stereocenters. The van der Waals surface area contributed by atoms with E-state index in [4.69, 9.17) is 11.2 Å². The van der Waals surface area contributed by atoms with Crippen LogP contribution in [-0.4, -0.2) is 46.2 Å². The highest BCUT2D eigenvalue weighted by molar-refractivity contribution is 5.79. The molecule has 2 aliphatic heterocycles. The minimum absolute atomic E-state index is 0.374. The van der Waals surface area contributed by atoms with Gasteiger partial charge in [0.2, 0.25) is 0 Å². The molecule has 2 aliphatic rings. The summed E-state index contributed by atoms with van der Waals surface area (Å²) in [5.41, 5.74) is -0.644. The molecule has 6 nitrogen and oxygen atoms in total. The highest BCUT2D eigenvalue weighted by atomic mass is 16.5. The first kappa shape index (κ1) is 13.6. The van der Waals surface area contributed by atoms with Gasteiger partial charge in [-0.25, -0.2) is 4.79 Å². The number of hydrogen-bond donors (Lipinski definition) is 3. The van der Waals surface area contributed by atoms with Crippen LogP contribution in [0.5, 0.6) is 0 Å². The summed E-state index contributed by atoms with van der Waals surface area (Å²) in [6, 6.07) is -0.440. The van der Waals surface area contributed by atoms with Crippen molar-refractivity contribution in [1.82, 2.24) is 10.2 Å². The molecule has 0 aliphatic carbocycles. The van der Waals surface area contributed by atoms with E-state index in [0.717, 1.165) is 0 Å². The number of nitrogens with zero attached hydrogens (tertiary/aromatic N) is 1. The smallest absolute Gasteiger partial charge is 0.328 e. The van der Waals surface area contributed by atoms with Gasteiger partial charge in [-0.15, -0.1) is 6.42 Å². The predicted molar refractivity (Wildman–Crippen MR) is 67.3 cm³/mol. The fourth-order valence-corrected chi connectivity index (χ4v) is 2.23. The van der Waals surface area contributed by atoms with Crippen LogP contribution in [0.4, 0.5) is 4.79 Å². The van der Waals surface area contributed by atoms with Gasteiger partial charge in [-0.2, -0.15) is 0 Å². The van der Waals surface area contributed by atoms with Crippen molar-refractivity contribution < 1.29 is 19.7 Å². The number of carbonyl (C=O) groups excluding carboxylic acids is 1. The third-order valence-electron chi connectivity index (χ3n) is 3.47. The Labute approximate surface area is 111 Å². The van der Waals surface area contributed by atoms with Crippen molar-refractivity contribution in [2.24, 2.45) is 5.41 Å². The summed E-state index contributed by atoms with van der Waals surface area (Å²) in [7, 11) is 0. The third-order valence-corrected chi connectivity index (χ3v) is 3.47. The molecule has 1 saturated heterocycles. The quantitative estimate of drug-likeness (QED) is 0.601. The second-order valence-electron chi connectivity index (χ2n) is 4.76. The average molecular weight is 264 g/mol. The number of hydrogen-bond acceptors (Lipinski definition) is 4. The van der Waals surface area contributed by atoms with E-state index in [-0.39, 0.29) is 6.61 Å². The second-order valence-corrected chi connectivity index (χ2v) is 4.76. The number of ether oxygens (including phenoxy) is 1. The van der Waals surface area contributed by atoms with Gasteiger partial charge >= 0.3 is 6.03 Å². The normalized spacial score (nSPS) is 38.2. The van der Waals surface area contributed by atoms with Gasteiger partial charge in [-0.3, -0.25) is 4.90 Å². The molecule has 4 atom stereocenters. The number of aliphatic hydroxyl groups is 2. The molecule has 6 heteroatoms. The highest BCUT2D eigenvalue weighted by Gasteiger charge is 2.55. The zero-order valence-electron chi connectivity index (χ0n) is 10.5. The molecule has 2 rings (SSSR count). The fraction of sp³-hybridized carbons (Fsp3) is 0.462. The highest BCUT2D eigenvalue weighted by Crippen LogP contribution is 2.40. The molecule has 0 spiro atoms. The Kier molecular flexibility index (Phi) is 3.37. The lowest BCUT2D eigenvalue weighted by atomic mass is 9.83. The van der Waals surface area contributed by atoms with Crippen LogP contribution >= 0.6 is 0 Å². The summed E-state index contributed by atoms with van der Waals surface area (Å²) in [5, 5.41) is 21.8. The summed E-state index contributed by atoms with van der Waals surface area (Å²) in [6.45, 7) is 4.85. The van der Waals surface area contributed by atoms with Crippen LogP contribution in [-0.2, 0) is 4.74 Å². The van der Waals surface area contributed by atoms with Gasteiger partial charge in [0.15, 0.2) is 6.23 Å². The number of terminal acetylenes is 1. The summed E-state index contributed by atoms with van der Waals surface area (Å²) >= 11 is 0. The van der Waals surface area contributed by atoms with Gasteiger partial charge in [0, 0.05) is 11.9 Å². The minimum atomic E-state index is -1.10. The van der Waals surface area contributed by atoms with Crippen LogP contribution in [0.1, 0.15) is 6.92 Å². The Morgan fingerprint density at radius 3 is 2.95 bits per heavy atom. The van der Waals surface area contributed by atoms with Crippen LogP contribution in [0.15, 0.2) is 24.6 Å². The van der Waals surface area contributed by atoms with Gasteiger partial charge in [-0.1, -0.05) is 12.5 Å². The maximum atomic E-state index is 11.9. The maximum absolute atomic E-state index is 11.9. The molecule has 102 valence electrons. The largest absolute Gasteiger partial charge is 0.394 e. The van der Waals surface area contributed by atoms with Gasteiger partial charge in [0.25, 0.3) is 0 Å². The Hall–Kier alpha value is -1.81. The number of carbonyl (C=O) groups is 1. The lowest BCUT2D eigenvalue weighted by Gasteiger charge is -2.35. The molecule has 2 heterocycles. The fourth-order valence-electron chi connectivity index (χ4n) is 2.23. The van der Waals surface area contributed by atoms with Gasteiger partial charge in [0.1, 0.15) is 17.6 Å². The lowest BCUT2D eigenvalue weighted by molar-refractivity contribution is -0.0596. The average Bonchev–Trinajstić information content (AvgIpc) is 2.63. The van der Waals surface area contributed by atoms with Crippen LogP contribution in [0.2, 0.25) is 0 Å². The molecule has 2 amide bonds. The molecule has 0 saturated carbocycles. The topological polar surface area (TPSA) is 82.0 Å². The Bertz CT molecular complexity index is 482. The van der Waals surface area contributed by atoms with E-state index in [1.807, 2.05) is 0 Å². The number of rotatable bonds is 2. The molecular formula is C13H16N2O4. The molecule has 0 aromatic heterocycles. The maximum Gasteiger partial charge on any atom is 0.328 e. The monoisotopic (exact) mass is 264 g/mol. The van der Waals surface area contributed by atoms with Crippen LogP contribution in [0.25, 0.3) is 0 Å². The summed E-state index contributed by atoms with van der Waals surface area (Å²) in [4.78, 5) is 13.2. The second kappa shape index (κ2) is 4.70. The lowest BCUT2D eigenvalue weighted by Crippen LogP contribution is -2.51. The number of allylic oxidation sites excluding steroid dienone is 1. The van der Waals surface area contributed by atoms with Gasteiger partial charge in [0.05, 0.1) is 6.61 Å². The molecule has 1 fully saturated rings. The minimum Gasteiger partial charge on any atom is -0.394 e. The summed E-state index contributed by atoms with van der Waals surface area (Å²) in [5.74, 6) is 2.47. The number of nitrogens with one attached hydrogen (secondary N) is 1. The number of amides is 2. The predicted octanol–water partition coefficient (Wildman–Crippen LogP) is -0.243. The first-order valence-corrected chi connectivity index (χ1v) is 5.82. The van der Waals surface area contributed by atoms with Gasteiger partial charge in [-0.05, 0) is 13.0 Å². The van der Waals surface area contributed by atoms with Crippen molar-refractivity contribution >= 4 is 6.03 Å². The zero-order valence-corrected chi connectivity index (χ0v) is 10.5. The SMILES string of the molecule is C#C[C@]1(C)[C@H](O)[C@@H](CO)O[C@H]1N1C=CC(=C)NC1=O. The third kappa shape index (κ3) is 2.02. The molecular weight excluding hydrogens is 248 g/mol. The van der Waals surface area contributed by atoms with Crippen molar-refractivity contribution in [3.63, 3.8) is 0 Å². The van der Waals surface area contributed by atoms with Crippen molar-refractivity contribution in [3.05, 3.63) is 24.6 Å². The summed E-state index contributed by atoms with van der Waals surface area (Å²) < 4.78 is 5.52. The van der Waals surface area contributed by atoms with E-state index in [1.165, 1.54) is 11.1 Å². The first-order chi connectivity index (χ1) is 8.93. The van der Waals surface area contributed by atoms with E-state index in [2.05, 4.69) is 17.8 Å². The Morgan fingerprint density at radius 1 is 1.74 bits per heavy atom. The van der Waals surface area contributed by atoms with Crippen LogP contribution in [0, 0.1) is 17.8 Å². The van der Waals surface area contributed by atoms with E-state index in [9.17, 15) is 15.0 Å². The van der Waals surface area contributed by atoms with Gasteiger partial charge < -0.3 is 20.3 Å². The molecule has 19 heavy (non-hydrogen) atoms. The van der Waals surface area contributed by atoms with Crippen molar-refractivity contribution in [2.45, 2.75) is 25.4 Å². The van der Waals surface area contributed by atoms with Crippen LogP contribution < -0.4 is 5.32 Å². The number of aliphatic hydroxyl groups excluding tert-OH is 2. The Morgan fingerprint density at radius 2 is 2.42 bits per heavy atom. The van der Waals surface area contributed by atoms with Crippen LogP contribution in [0.3, 0.4) is 0 Å².